The molecule has 4 rings (SSSR count). The third-order valence-electron chi connectivity index (χ3n) is 6.07. The number of nitrogens with one attached hydrogen (secondary N) is 1. The highest BCUT2D eigenvalue weighted by Gasteiger charge is 2.39. The molecule has 0 radical (unpaired) electrons. The molecule has 1 saturated heterocycles. The van der Waals surface area contributed by atoms with Crippen LogP contribution in [0.1, 0.15) is 32.0 Å². The largest absolute Gasteiger partial charge is 0.459 e. The Bertz CT molecular complexity index is 1340. The molecular weight excluding hydrogens is 482 g/mol. The van der Waals surface area contributed by atoms with E-state index in [1.54, 1.807) is 48.5 Å². The standard InChI is InChI=1S/C26H27N3O6S/c1-18-5-9-20(10-6-18)23(30)27-24(36(33,34)21-11-7-19(2)8-12-21)26(32)29-15-13-28(14-16-29)25(31)22-4-3-17-35-22/h3-12,17,24H,13-16H2,1-2H3,(H,27,30)/t24-/m0/s1. The first-order chi connectivity index (χ1) is 17.2. The van der Waals surface area contributed by atoms with Crippen molar-refractivity contribution in [1.82, 2.24) is 15.1 Å². The molecule has 0 spiro atoms. The van der Waals surface area contributed by atoms with Crippen LogP contribution in [0.25, 0.3) is 0 Å². The van der Waals surface area contributed by atoms with Crippen LogP contribution >= 0.6 is 0 Å². The summed E-state index contributed by atoms with van der Waals surface area (Å²) in [5.41, 5.74) is 2.04. The third-order valence-corrected chi connectivity index (χ3v) is 7.94. The molecule has 3 amide bonds. The van der Waals surface area contributed by atoms with Gasteiger partial charge >= 0.3 is 0 Å². The SMILES string of the molecule is Cc1ccc(C(=O)N[C@H](C(=O)N2CCN(C(=O)c3ccco3)CC2)S(=O)(=O)c2ccc(C)cc2)cc1. The van der Waals surface area contributed by atoms with Gasteiger partial charge in [-0.15, -0.1) is 0 Å². The third kappa shape index (κ3) is 5.33. The van der Waals surface area contributed by atoms with Gasteiger partial charge in [0.25, 0.3) is 17.7 Å². The number of amides is 3. The van der Waals surface area contributed by atoms with Gasteiger partial charge < -0.3 is 19.5 Å². The number of benzene rings is 2. The molecule has 2 aromatic carbocycles. The number of furan rings is 1. The van der Waals surface area contributed by atoms with Crippen LogP contribution < -0.4 is 5.32 Å². The highest BCUT2D eigenvalue weighted by Crippen LogP contribution is 2.19. The van der Waals surface area contributed by atoms with Crippen molar-refractivity contribution in [3.8, 4) is 0 Å². The van der Waals surface area contributed by atoms with E-state index < -0.39 is 27.0 Å². The zero-order valence-corrected chi connectivity index (χ0v) is 20.8. The molecule has 1 aliphatic heterocycles. The van der Waals surface area contributed by atoms with Crippen LogP contribution in [0.5, 0.6) is 0 Å². The molecule has 36 heavy (non-hydrogen) atoms. The summed E-state index contributed by atoms with van der Waals surface area (Å²) in [5.74, 6) is -1.53. The smallest absolute Gasteiger partial charge is 0.289 e. The molecule has 1 atom stereocenters. The Balaban J connectivity index is 1.56. The van der Waals surface area contributed by atoms with Gasteiger partial charge in [-0.25, -0.2) is 8.42 Å². The van der Waals surface area contributed by atoms with Crippen LogP contribution in [0.4, 0.5) is 0 Å². The summed E-state index contributed by atoms with van der Waals surface area (Å²) in [5, 5.41) is 0.628. The fourth-order valence-electron chi connectivity index (χ4n) is 3.90. The van der Waals surface area contributed by atoms with Crippen molar-refractivity contribution in [2.24, 2.45) is 0 Å². The van der Waals surface area contributed by atoms with E-state index in [-0.39, 0.29) is 48.3 Å². The Labute approximate surface area is 209 Å². The molecule has 0 bridgehead atoms. The van der Waals surface area contributed by atoms with Gasteiger partial charge in [0.1, 0.15) is 0 Å². The minimum absolute atomic E-state index is 0.0673. The van der Waals surface area contributed by atoms with Crippen molar-refractivity contribution in [3.63, 3.8) is 0 Å². The first kappa shape index (κ1) is 25.2. The van der Waals surface area contributed by atoms with Crippen LogP contribution in [0.2, 0.25) is 0 Å². The summed E-state index contributed by atoms with van der Waals surface area (Å²) >= 11 is 0. The first-order valence-electron chi connectivity index (χ1n) is 11.5. The fraction of sp³-hybridized carbons (Fsp3) is 0.269. The van der Waals surface area contributed by atoms with Crippen molar-refractivity contribution in [3.05, 3.63) is 89.4 Å². The maximum Gasteiger partial charge on any atom is 0.289 e. The molecule has 188 valence electrons. The number of carbonyl (C=O) groups is 3. The average Bonchev–Trinajstić information content (AvgIpc) is 3.42. The predicted molar refractivity (Wildman–Crippen MR) is 132 cm³/mol. The molecular formula is C26H27N3O6S. The van der Waals surface area contributed by atoms with E-state index in [0.717, 1.165) is 11.1 Å². The van der Waals surface area contributed by atoms with E-state index in [1.165, 1.54) is 28.2 Å². The van der Waals surface area contributed by atoms with E-state index in [4.69, 9.17) is 4.42 Å². The second-order valence-corrected chi connectivity index (χ2v) is 10.7. The number of rotatable bonds is 6. The molecule has 1 fully saturated rings. The number of nitrogens with zero attached hydrogens (tertiary/aromatic N) is 2. The minimum Gasteiger partial charge on any atom is -0.459 e. The summed E-state index contributed by atoms with van der Waals surface area (Å²) in [6, 6.07) is 15.9. The summed E-state index contributed by atoms with van der Waals surface area (Å²) in [6.07, 6.45) is 1.41. The zero-order chi connectivity index (χ0) is 25.9. The summed E-state index contributed by atoms with van der Waals surface area (Å²) in [7, 11) is -4.26. The Kier molecular flexibility index (Phi) is 7.25. The molecule has 3 aromatic rings. The predicted octanol–water partition coefficient (Wildman–Crippen LogP) is 2.41. The van der Waals surface area contributed by atoms with Crippen LogP contribution in [-0.4, -0.2) is 67.5 Å². The van der Waals surface area contributed by atoms with E-state index in [2.05, 4.69) is 5.32 Å². The van der Waals surface area contributed by atoms with Crippen molar-refractivity contribution < 1.29 is 27.2 Å². The Hall–Kier alpha value is -3.92. The lowest BCUT2D eigenvalue weighted by Gasteiger charge is -2.36. The number of aryl methyl sites for hydroxylation is 2. The van der Waals surface area contributed by atoms with Gasteiger partial charge in [0.15, 0.2) is 5.76 Å². The normalized spacial score (nSPS) is 14.8. The lowest BCUT2D eigenvalue weighted by molar-refractivity contribution is -0.132. The fourth-order valence-corrected chi connectivity index (χ4v) is 5.36. The van der Waals surface area contributed by atoms with E-state index in [1.807, 2.05) is 13.8 Å². The molecule has 0 aliphatic carbocycles. The molecule has 1 aromatic heterocycles. The van der Waals surface area contributed by atoms with E-state index >= 15 is 0 Å². The lowest BCUT2D eigenvalue weighted by atomic mass is 10.1. The van der Waals surface area contributed by atoms with Crippen molar-refractivity contribution >= 4 is 27.6 Å². The second kappa shape index (κ2) is 10.4. The molecule has 2 heterocycles. The topological polar surface area (TPSA) is 117 Å². The van der Waals surface area contributed by atoms with Gasteiger partial charge in [0, 0.05) is 31.7 Å². The van der Waals surface area contributed by atoms with Gasteiger partial charge in [-0.1, -0.05) is 35.4 Å². The zero-order valence-electron chi connectivity index (χ0n) is 20.0. The number of hydrogen-bond donors (Lipinski definition) is 1. The van der Waals surface area contributed by atoms with Crippen molar-refractivity contribution in [2.75, 3.05) is 26.2 Å². The average molecular weight is 510 g/mol. The molecule has 9 nitrogen and oxygen atoms in total. The first-order valence-corrected chi connectivity index (χ1v) is 13.0. The molecule has 10 heteroatoms. The van der Waals surface area contributed by atoms with Crippen LogP contribution in [0.3, 0.4) is 0 Å². The van der Waals surface area contributed by atoms with Crippen molar-refractivity contribution in [2.45, 2.75) is 24.1 Å². The molecule has 0 saturated carbocycles. The summed E-state index contributed by atoms with van der Waals surface area (Å²) in [4.78, 5) is 41.8. The van der Waals surface area contributed by atoms with Crippen LogP contribution in [-0.2, 0) is 14.6 Å². The van der Waals surface area contributed by atoms with E-state index in [0.29, 0.717) is 0 Å². The van der Waals surface area contributed by atoms with Crippen molar-refractivity contribution in [1.29, 1.82) is 0 Å². The molecule has 1 N–H and O–H groups in total. The van der Waals surface area contributed by atoms with Crippen LogP contribution in [0.15, 0.2) is 76.2 Å². The monoisotopic (exact) mass is 509 g/mol. The van der Waals surface area contributed by atoms with Gasteiger partial charge in [-0.05, 0) is 50.2 Å². The maximum atomic E-state index is 13.5. The summed E-state index contributed by atoms with van der Waals surface area (Å²) < 4.78 is 32.2. The number of piperazine rings is 1. The lowest BCUT2D eigenvalue weighted by Crippen LogP contribution is -2.57. The van der Waals surface area contributed by atoms with Gasteiger partial charge in [0.05, 0.1) is 11.2 Å². The second-order valence-electron chi connectivity index (χ2n) is 8.67. The molecule has 1 aliphatic rings. The summed E-state index contributed by atoms with van der Waals surface area (Å²) in [6.45, 7) is 4.33. The minimum atomic E-state index is -4.26. The Morgan fingerprint density at radius 1 is 0.833 bits per heavy atom. The van der Waals surface area contributed by atoms with Gasteiger partial charge in [-0.3, -0.25) is 14.4 Å². The highest BCUT2D eigenvalue weighted by molar-refractivity contribution is 7.92. The van der Waals surface area contributed by atoms with Gasteiger partial charge in [-0.2, -0.15) is 0 Å². The number of sulfone groups is 1. The number of hydrogen-bond acceptors (Lipinski definition) is 6. The quantitative estimate of drug-likeness (QED) is 0.546. The number of carbonyl (C=O) groups excluding carboxylic acids is 3. The maximum absolute atomic E-state index is 13.5. The highest BCUT2D eigenvalue weighted by atomic mass is 32.2. The Morgan fingerprint density at radius 3 is 1.94 bits per heavy atom. The Morgan fingerprint density at radius 2 is 1.39 bits per heavy atom. The van der Waals surface area contributed by atoms with Gasteiger partial charge in [0.2, 0.25) is 15.2 Å². The van der Waals surface area contributed by atoms with Crippen LogP contribution in [0, 0.1) is 13.8 Å². The van der Waals surface area contributed by atoms with E-state index in [9.17, 15) is 22.8 Å². The molecule has 0 unspecified atom stereocenters.